The summed E-state index contributed by atoms with van der Waals surface area (Å²) in [4.78, 5) is 27.1. The summed E-state index contributed by atoms with van der Waals surface area (Å²) in [5.41, 5.74) is 0.569. The lowest BCUT2D eigenvalue weighted by molar-refractivity contribution is -0.134. The van der Waals surface area contributed by atoms with Crippen LogP contribution in [0, 0.1) is 11.8 Å². The Kier molecular flexibility index (Phi) is 5.46. The van der Waals surface area contributed by atoms with Crippen LogP contribution in [0.1, 0.15) is 32.1 Å². The van der Waals surface area contributed by atoms with Gasteiger partial charge in [0.2, 0.25) is 11.8 Å². The molecule has 1 N–H and O–H groups in total. The molecule has 2 unspecified atom stereocenters. The molecule has 1 saturated carbocycles. The first-order valence-electron chi connectivity index (χ1n) is 8.95. The summed E-state index contributed by atoms with van der Waals surface area (Å²) in [7, 11) is 3.13. The van der Waals surface area contributed by atoms with Crippen LogP contribution < -0.4 is 14.8 Å². The van der Waals surface area contributed by atoms with Gasteiger partial charge in [0.05, 0.1) is 31.7 Å². The monoisotopic (exact) mass is 346 g/mol. The van der Waals surface area contributed by atoms with Crippen LogP contribution >= 0.6 is 0 Å². The van der Waals surface area contributed by atoms with Crippen LogP contribution in [-0.4, -0.2) is 44.0 Å². The minimum absolute atomic E-state index is 0.125. The van der Waals surface area contributed by atoms with Crippen LogP contribution in [0.15, 0.2) is 18.2 Å². The number of benzene rings is 1. The zero-order valence-electron chi connectivity index (χ0n) is 14.9. The lowest BCUT2D eigenvalue weighted by Crippen LogP contribution is -2.34. The lowest BCUT2D eigenvalue weighted by atomic mass is 10.2. The molecule has 1 heterocycles. The van der Waals surface area contributed by atoms with E-state index >= 15 is 0 Å². The van der Waals surface area contributed by atoms with Crippen molar-refractivity contribution in [3.8, 4) is 11.5 Å². The van der Waals surface area contributed by atoms with Crippen LogP contribution in [0.25, 0.3) is 0 Å². The maximum Gasteiger partial charge on any atom is 0.228 e. The van der Waals surface area contributed by atoms with Crippen LogP contribution in [0.2, 0.25) is 0 Å². The molecule has 2 fully saturated rings. The van der Waals surface area contributed by atoms with E-state index in [0.29, 0.717) is 23.6 Å². The van der Waals surface area contributed by atoms with E-state index in [4.69, 9.17) is 9.47 Å². The number of likely N-dealkylation sites (tertiary alicyclic amines) is 1. The average Bonchev–Trinajstić information content (AvgIpc) is 3.44. The van der Waals surface area contributed by atoms with E-state index in [1.165, 1.54) is 12.8 Å². The first-order valence-corrected chi connectivity index (χ1v) is 8.95. The molecule has 0 bridgehead atoms. The highest BCUT2D eigenvalue weighted by Crippen LogP contribution is 2.42. The zero-order chi connectivity index (χ0) is 17.8. The third kappa shape index (κ3) is 4.06. The van der Waals surface area contributed by atoms with Crippen molar-refractivity contribution in [3.63, 3.8) is 0 Å². The smallest absolute Gasteiger partial charge is 0.228 e. The Morgan fingerprint density at radius 1 is 1.04 bits per heavy atom. The molecule has 136 valence electrons. The molecule has 25 heavy (non-hydrogen) atoms. The molecule has 2 aliphatic rings. The molecule has 0 radical (unpaired) electrons. The van der Waals surface area contributed by atoms with Crippen LogP contribution in [-0.2, 0) is 9.59 Å². The Morgan fingerprint density at radius 2 is 1.76 bits per heavy atom. The van der Waals surface area contributed by atoms with E-state index in [1.54, 1.807) is 32.4 Å². The number of amides is 2. The molecule has 6 heteroatoms. The van der Waals surface area contributed by atoms with Crippen molar-refractivity contribution in [1.29, 1.82) is 0 Å². The van der Waals surface area contributed by atoms with Gasteiger partial charge < -0.3 is 19.7 Å². The van der Waals surface area contributed by atoms with Gasteiger partial charge >= 0.3 is 0 Å². The van der Waals surface area contributed by atoms with E-state index in [1.807, 2.05) is 4.90 Å². The molecule has 0 aromatic heterocycles. The number of anilines is 1. The van der Waals surface area contributed by atoms with Gasteiger partial charge in [-0.2, -0.15) is 0 Å². The van der Waals surface area contributed by atoms with Crippen molar-refractivity contribution in [2.45, 2.75) is 32.1 Å². The van der Waals surface area contributed by atoms with Crippen LogP contribution in [0.4, 0.5) is 5.69 Å². The Labute approximate surface area is 148 Å². The maximum atomic E-state index is 12.6. The first kappa shape index (κ1) is 17.6. The van der Waals surface area contributed by atoms with Crippen molar-refractivity contribution in [2.24, 2.45) is 11.8 Å². The topological polar surface area (TPSA) is 67.9 Å². The van der Waals surface area contributed by atoms with Crippen molar-refractivity contribution in [2.75, 3.05) is 32.6 Å². The number of rotatable bonds is 5. The molecule has 3 rings (SSSR count). The summed E-state index contributed by atoms with van der Waals surface area (Å²) in [6.07, 6.45) is 5.14. The number of hydrogen-bond acceptors (Lipinski definition) is 4. The van der Waals surface area contributed by atoms with E-state index in [-0.39, 0.29) is 23.7 Å². The highest BCUT2D eigenvalue weighted by molar-refractivity contribution is 6.00. The maximum absolute atomic E-state index is 12.6. The number of hydrogen-bond donors (Lipinski definition) is 1. The molecule has 2 amide bonds. The predicted molar refractivity (Wildman–Crippen MR) is 94.8 cm³/mol. The van der Waals surface area contributed by atoms with Crippen molar-refractivity contribution < 1.29 is 19.1 Å². The average molecular weight is 346 g/mol. The van der Waals surface area contributed by atoms with Gasteiger partial charge in [0.25, 0.3) is 0 Å². The van der Waals surface area contributed by atoms with Gasteiger partial charge in [0.15, 0.2) is 0 Å². The minimum atomic E-state index is -0.244. The van der Waals surface area contributed by atoms with Crippen molar-refractivity contribution >= 4 is 17.5 Å². The van der Waals surface area contributed by atoms with Crippen LogP contribution in [0.5, 0.6) is 11.5 Å². The Balaban J connectivity index is 1.61. The SMILES string of the molecule is COc1ccc(OC)c(NC(=O)C2CC2C(=O)N2CCCCCC2)c1. The van der Waals surface area contributed by atoms with Gasteiger partial charge in [0.1, 0.15) is 11.5 Å². The summed E-state index contributed by atoms with van der Waals surface area (Å²) in [6, 6.07) is 5.25. The second kappa shape index (κ2) is 7.76. The summed E-state index contributed by atoms with van der Waals surface area (Å²) < 4.78 is 10.5. The Hall–Kier alpha value is -2.24. The van der Waals surface area contributed by atoms with E-state index in [9.17, 15) is 9.59 Å². The number of carbonyl (C=O) groups excluding carboxylic acids is 2. The number of nitrogens with zero attached hydrogens (tertiary/aromatic N) is 1. The third-order valence-corrected chi connectivity index (χ3v) is 5.03. The minimum Gasteiger partial charge on any atom is -0.497 e. The van der Waals surface area contributed by atoms with Gasteiger partial charge in [-0.15, -0.1) is 0 Å². The van der Waals surface area contributed by atoms with Gasteiger partial charge in [-0.25, -0.2) is 0 Å². The number of carbonyl (C=O) groups is 2. The quantitative estimate of drug-likeness (QED) is 0.890. The molecule has 1 aliphatic carbocycles. The fourth-order valence-electron chi connectivity index (χ4n) is 3.42. The summed E-state index contributed by atoms with van der Waals surface area (Å²) in [5.74, 6) is 0.815. The predicted octanol–water partition coefficient (Wildman–Crippen LogP) is 2.68. The molecule has 1 aliphatic heterocycles. The van der Waals surface area contributed by atoms with Gasteiger partial charge in [-0.3, -0.25) is 9.59 Å². The fourth-order valence-corrected chi connectivity index (χ4v) is 3.42. The molecule has 1 aromatic carbocycles. The number of methoxy groups -OCH3 is 2. The Morgan fingerprint density at radius 3 is 2.40 bits per heavy atom. The molecular formula is C19H26N2O4. The molecule has 1 saturated heterocycles. The lowest BCUT2D eigenvalue weighted by Gasteiger charge is -2.20. The first-order chi connectivity index (χ1) is 12.1. The van der Waals surface area contributed by atoms with E-state index < -0.39 is 0 Å². The molecule has 1 aromatic rings. The number of ether oxygens (including phenoxy) is 2. The number of nitrogens with one attached hydrogen (secondary N) is 1. The van der Waals surface area contributed by atoms with Crippen molar-refractivity contribution in [1.82, 2.24) is 4.90 Å². The van der Waals surface area contributed by atoms with Crippen LogP contribution in [0.3, 0.4) is 0 Å². The van der Waals surface area contributed by atoms with Crippen molar-refractivity contribution in [3.05, 3.63) is 18.2 Å². The van der Waals surface area contributed by atoms with Gasteiger partial charge in [-0.1, -0.05) is 12.8 Å². The Bertz CT molecular complexity index is 638. The van der Waals surface area contributed by atoms with E-state index in [2.05, 4.69) is 5.32 Å². The summed E-state index contributed by atoms with van der Waals surface area (Å²) in [6.45, 7) is 1.65. The molecular weight excluding hydrogens is 320 g/mol. The van der Waals surface area contributed by atoms with E-state index in [0.717, 1.165) is 25.9 Å². The second-order valence-corrected chi connectivity index (χ2v) is 6.74. The van der Waals surface area contributed by atoms with Gasteiger partial charge in [-0.05, 0) is 31.4 Å². The summed E-state index contributed by atoms with van der Waals surface area (Å²) in [5, 5.41) is 2.88. The summed E-state index contributed by atoms with van der Waals surface area (Å²) >= 11 is 0. The molecule has 2 atom stereocenters. The molecule has 6 nitrogen and oxygen atoms in total. The molecule has 0 spiro atoms. The second-order valence-electron chi connectivity index (χ2n) is 6.74. The highest BCUT2D eigenvalue weighted by atomic mass is 16.5. The highest BCUT2D eigenvalue weighted by Gasteiger charge is 2.49. The normalized spacial score (nSPS) is 22.7. The zero-order valence-corrected chi connectivity index (χ0v) is 14.9. The standard InChI is InChI=1S/C19H26N2O4/c1-24-13-7-8-17(25-2)16(11-13)20-18(22)14-12-15(14)19(23)21-9-5-3-4-6-10-21/h7-8,11,14-15H,3-6,9-10,12H2,1-2H3,(H,20,22). The third-order valence-electron chi connectivity index (χ3n) is 5.03. The fraction of sp³-hybridized carbons (Fsp3) is 0.579. The van der Waals surface area contributed by atoms with Gasteiger partial charge in [0, 0.05) is 19.2 Å². The largest absolute Gasteiger partial charge is 0.497 e.